The number of hydrogen-bond acceptors (Lipinski definition) is 2. The zero-order valence-electron chi connectivity index (χ0n) is 8.03. The molecule has 3 unspecified atom stereocenters. The maximum absolute atomic E-state index is 11.2. The Morgan fingerprint density at radius 2 is 2.21 bits per heavy atom. The Bertz CT molecular complexity index is 264. The number of rotatable bonds is 2. The molecule has 2 rings (SSSR count). The van der Waals surface area contributed by atoms with Crippen molar-refractivity contribution in [2.75, 3.05) is 0 Å². The molecule has 2 aliphatic rings. The highest BCUT2D eigenvalue weighted by molar-refractivity contribution is 5.77. The van der Waals surface area contributed by atoms with Crippen LogP contribution in [-0.2, 0) is 9.59 Å². The fourth-order valence-electron chi connectivity index (χ4n) is 2.76. The molecule has 1 saturated heterocycles. The molecule has 1 heterocycles. The van der Waals surface area contributed by atoms with Crippen LogP contribution in [0.4, 0.5) is 0 Å². The molecular weight excluding hydrogens is 182 g/mol. The van der Waals surface area contributed by atoms with Gasteiger partial charge >= 0.3 is 5.97 Å². The summed E-state index contributed by atoms with van der Waals surface area (Å²) < 4.78 is 0. The molecule has 0 aromatic heterocycles. The molecule has 0 aromatic rings. The Kier molecular flexibility index (Phi) is 2.44. The summed E-state index contributed by atoms with van der Waals surface area (Å²) in [6.07, 6.45) is 3.76. The lowest BCUT2D eigenvalue weighted by Gasteiger charge is -2.29. The van der Waals surface area contributed by atoms with Crippen molar-refractivity contribution in [2.45, 2.75) is 38.1 Å². The summed E-state index contributed by atoms with van der Waals surface area (Å²) in [7, 11) is 0. The van der Waals surface area contributed by atoms with Crippen LogP contribution in [0, 0.1) is 11.8 Å². The number of aliphatic carboxylic acids is 1. The number of fused-ring (bicyclic) bond motifs is 1. The van der Waals surface area contributed by atoms with E-state index in [1.54, 1.807) is 0 Å². The highest BCUT2D eigenvalue weighted by Crippen LogP contribution is 2.38. The van der Waals surface area contributed by atoms with Gasteiger partial charge in [0.1, 0.15) is 0 Å². The van der Waals surface area contributed by atoms with Gasteiger partial charge in [-0.2, -0.15) is 0 Å². The second-order valence-corrected chi connectivity index (χ2v) is 4.33. The van der Waals surface area contributed by atoms with Gasteiger partial charge in [0.2, 0.25) is 5.91 Å². The first kappa shape index (κ1) is 9.49. The lowest BCUT2D eigenvalue weighted by Crippen LogP contribution is -2.45. The van der Waals surface area contributed by atoms with Crippen molar-refractivity contribution in [3.63, 3.8) is 0 Å². The minimum atomic E-state index is -0.754. The zero-order chi connectivity index (χ0) is 10.1. The fourth-order valence-corrected chi connectivity index (χ4v) is 2.76. The molecule has 1 aliphatic heterocycles. The van der Waals surface area contributed by atoms with Crippen molar-refractivity contribution >= 4 is 11.9 Å². The predicted octanol–water partition coefficient (Wildman–Crippen LogP) is 0.766. The highest BCUT2D eigenvalue weighted by atomic mass is 16.4. The molecule has 1 aliphatic carbocycles. The Balaban J connectivity index is 2.00. The Morgan fingerprint density at radius 1 is 1.43 bits per heavy atom. The van der Waals surface area contributed by atoms with E-state index in [0.29, 0.717) is 12.3 Å². The van der Waals surface area contributed by atoms with Gasteiger partial charge in [-0.05, 0) is 31.1 Å². The van der Waals surface area contributed by atoms with Crippen LogP contribution in [0.1, 0.15) is 32.1 Å². The van der Waals surface area contributed by atoms with Gasteiger partial charge < -0.3 is 10.4 Å². The number of carboxylic acid groups (broad SMARTS) is 1. The lowest BCUT2D eigenvalue weighted by molar-refractivity contribution is -0.138. The van der Waals surface area contributed by atoms with E-state index in [2.05, 4.69) is 5.32 Å². The third-order valence-electron chi connectivity index (χ3n) is 3.43. The van der Waals surface area contributed by atoms with Crippen LogP contribution in [0.25, 0.3) is 0 Å². The van der Waals surface area contributed by atoms with Crippen molar-refractivity contribution in [1.82, 2.24) is 5.32 Å². The van der Waals surface area contributed by atoms with Gasteiger partial charge in [0.25, 0.3) is 0 Å². The van der Waals surface area contributed by atoms with E-state index in [1.807, 2.05) is 0 Å². The Hall–Kier alpha value is -1.06. The van der Waals surface area contributed by atoms with Crippen LogP contribution in [0.15, 0.2) is 0 Å². The summed E-state index contributed by atoms with van der Waals surface area (Å²) >= 11 is 0. The first-order chi connectivity index (χ1) is 6.66. The first-order valence-electron chi connectivity index (χ1n) is 5.18. The minimum absolute atomic E-state index is 0.0866. The maximum atomic E-state index is 11.2. The van der Waals surface area contributed by atoms with Gasteiger partial charge in [0.15, 0.2) is 0 Å². The quantitative estimate of drug-likeness (QED) is 0.687. The molecule has 0 spiro atoms. The number of carbonyl (C=O) groups excluding carboxylic acids is 1. The number of hydrogen-bond donors (Lipinski definition) is 2. The zero-order valence-corrected chi connectivity index (χ0v) is 8.03. The molecule has 0 aromatic carbocycles. The molecule has 4 heteroatoms. The summed E-state index contributed by atoms with van der Waals surface area (Å²) in [4.78, 5) is 21.8. The molecule has 0 bridgehead atoms. The molecule has 1 amide bonds. The summed E-state index contributed by atoms with van der Waals surface area (Å²) in [6, 6.07) is 0.132. The minimum Gasteiger partial charge on any atom is -0.481 e. The highest BCUT2D eigenvalue weighted by Gasteiger charge is 2.40. The Morgan fingerprint density at radius 3 is 2.93 bits per heavy atom. The smallest absolute Gasteiger partial charge is 0.303 e. The van der Waals surface area contributed by atoms with Crippen LogP contribution in [0.3, 0.4) is 0 Å². The molecule has 78 valence electrons. The molecule has 0 radical (unpaired) electrons. The molecule has 1 saturated carbocycles. The molecular formula is C10H15NO3. The van der Waals surface area contributed by atoms with Crippen molar-refractivity contribution in [3.05, 3.63) is 0 Å². The van der Waals surface area contributed by atoms with E-state index in [4.69, 9.17) is 5.11 Å². The SMILES string of the molecule is O=C(O)CC1CCC2CCC(=O)NC21. The summed E-state index contributed by atoms with van der Waals surface area (Å²) in [6.45, 7) is 0. The second-order valence-electron chi connectivity index (χ2n) is 4.33. The average molecular weight is 197 g/mol. The third-order valence-corrected chi connectivity index (χ3v) is 3.43. The van der Waals surface area contributed by atoms with Crippen LogP contribution in [-0.4, -0.2) is 23.0 Å². The summed E-state index contributed by atoms with van der Waals surface area (Å²) in [5.74, 6) is 0.0119. The van der Waals surface area contributed by atoms with Gasteiger partial charge in [-0.3, -0.25) is 9.59 Å². The van der Waals surface area contributed by atoms with E-state index in [1.165, 1.54) is 0 Å². The molecule has 4 nitrogen and oxygen atoms in total. The number of piperidine rings is 1. The van der Waals surface area contributed by atoms with E-state index < -0.39 is 5.97 Å². The number of carboxylic acids is 1. The van der Waals surface area contributed by atoms with Gasteiger partial charge in [-0.15, -0.1) is 0 Å². The summed E-state index contributed by atoms with van der Waals surface area (Å²) in [5.41, 5.74) is 0. The topological polar surface area (TPSA) is 66.4 Å². The largest absolute Gasteiger partial charge is 0.481 e. The van der Waals surface area contributed by atoms with Gasteiger partial charge in [-0.1, -0.05) is 0 Å². The second kappa shape index (κ2) is 3.59. The first-order valence-corrected chi connectivity index (χ1v) is 5.18. The third kappa shape index (κ3) is 1.74. The van der Waals surface area contributed by atoms with Crippen molar-refractivity contribution in [2.24, 2.45) is 11.8 Å². The normalized spacial score (nSPS) is 36.3. The van der Waals surface area contributed by atoms with E-state index in [0.717, 1.165) is 19.3 Å². The number of carbonyl (C=O) groups is 2. The number of nitrogens with one attached hydrogen (secondary N) is 1. The standard InChI is InChI=1S/C10H15NO3/c12-8-4-3-6-1-2-7(5-9(13)14)10(6)11-8/h6-7,10H,1-5H2,(H,11,12)(H,13,14). The molecule has 2 N–H and O–H groups in total. The van der Waals surface area contributed by atoms with Crippen molar-refractivity contribution in [3.8, 4) is 0 Å². The molecule has 2 fully saturated rings. The van der Waals surface area contributed by atoms with Crippen molar-refractivity contribution in [1.29, 1.82) is 0 Å². The lowest BCUT2D eigenvalue weighted by atomic mass is 9.89. The molecule has 3 atom stereocenters. The number of amides is 1. The van der Waals surface area contributed by atoms with Crippen LogP contribution >= 0.6 is 0 Å². The van der Waals surface area contributed by atoms with Gasteiger partial charge in [-0.25, -0.2) is 0 Å². The van der Waals surface area contributed by atoms with Crippen LogP contribution in [0.2, 0.25) is 0 Å². The monoisotopic (exact) mass is 197 g/mol. The van der Waals surface area contributed by atoms with Gasteiger partial charge in [0, 0.05) is 12.5 Å². The molecule has 14 heavy (non-hydrogen) atoms. The van der Waals surface area contributed by atoms with Crippen molar-refractivity contribution < 1.29 is 14.7 Å². The average Bonchev–Trinajstić information content (AvgIpc) is 2.47. The Labute approximate surface area is 82.7 Å². The van der Waals surface area contributed by atoms with Gasteiger partial charge in [0.05, 0.1) is 6.42 Å². The van der Waals surface area contributed by atoms with E-state index in [9.17, 15) is 9.59 Å². The fraction of sp³-hybridized carbons (Fsp3) is 0.800. The van der Waals surface area contributed by atoms with Crippen LogP contribution in [0.5, 0.6) is 0 Å². The van der Waals surface area contributed by atoms with E-state index >= 15 is 0 Å². The maximum Gasteiger partial charge on any atom is 0.303 e. The summed E-state index contributed by atoms with van der Waals surface area (Å²) in [5, 5.41) is 11.6. The predicted molar refractivity (Wildman–Crippen MR) is 49.6 cm³/mol. The van der Waals surface area contributed by atoms with E-state index in [-0.39, 0.29) is 24.3 Å². The van der Waals surface area contributed by atoms with Crippen LogP contribution < -0.4 is 5.32 Å².